The van der Waals surface area contributed by atoms with E-state index in [1.807, 2.05) is 0 Å². The minimum Gasteiger partial charge on any atom is -0.507 e. The Morgan fingerprint density at radius 1 is 1.19 bits per heavy atom. The Labute approximate surface area is 184 Å². The molecule has 168 valence electrons. The molecule has 2 aromatic rings. The van der Waals surface area contributed by atoms with Gasteiger partial charge < -0.3 is 20.1 Å². The van der Waals surface area contributed by atoms with Gasteiger partial charge in [-0.3, -0.25) is 4.79 Å². The zero-order valence-corrected chi connectivity index (χ0v) is 17.4. The Kier molecular flexibility index (Phi) is 6.92. The quantitative estimate of drug-likeness (QED) is 0.532. The minimum atomic E-state index is -4.42. The number of hydrogen-bond acceptors (Lipinski definition) is 4. The van der Waals surface area contributed by atoms with Gasteiger partial charge in [0.2, 0.25) is 0 Å². The van der Waals surface area contributed by atoms with Crippen LogP contribution in [0.4, 0.5) is 24.5 Å². The highest BCUT2D eigenvalue weighted by Gasteiger charge is 2.36. The van der Waals surface area contributed by atoms with Crippen molar-refractivity contribution in [1.29, 1.82) is 0 Å². The topological polar surface area (TPSA) is 61.8 Å². The van der Waals surface area contributed by atoms with E-state index in [4.69, 9.17) is 4.74 Å². The maximum absolute atomic E-state index is 13.3. The number of aromatic hydroxyl groups is 1. The van der Waals surface area contributed by atoms with Crippen LogP contribution >= 0.6 is 0 Å². The van der Waals surface area contributed by atoms with Crippen LogP contribution in [0.2, 0.25) is 0 Å². The number of phenols is 1. The summed E-state index contributed by atoms with van der Waals surface area (Å²) in [4.78, 5) is 14.1. The van der Waals surface area contributed by atoms with E-state index in [1.54, 1.807) is 47.4 Å². The molecule has 8 heteroatoms. The molecule has 0 atom stereocenters. The lowest BCUT2D eigenvalue weighted by molar-refractivity contribution is -0.0945. The first-order valence-electron chi connectivity index (χ1n) is 9.87. The van der Waals surface area contributed by atoms with Crippen molar-refractivity contribution in [1.82, 2.24) is 0 Å². The Morgan fingerprint density at radius 2 is 1.88 bits per heavy atom. The van der Waals surface area contributed by atoms with Gasteiger partial charge in [-0.1, -0.05) is 18.2 Å². The molecule has 0 radical (unpaired) electrons. The zero-order valence-electron chi connectivity index (χ0n) is 17.4. The number of allylic oxidation sites excluding steroid dienone is 3. The van der Waals surface area contributed by atoms with E-state index in [-0.39, 0.29) is 30.7 Å². The number of hydrogen-bond donors (Lipinski definition) is 2. The normalized spacial score (nSPS) is 13.9. The van der Waals surface area contributed by atoms with E-state index < -0.39 is 17.7 Å². The molecule has 2 N–H and O–H groups in total. The highest BCUT2D eigenvalue weighted by Crippen LogP contribution is 2.37. The molecule has 2 aromatic carbocycles. The maximum atomic E-state index is 13.3. The summed E-state index contributed by atoms with van der Waals surface area (Å²) in [6.45, 7) is 3.97. The van der Waals surface area contributed by atoms with Gasteiger partial charge in [0.15, 0.2) is 0 Å². The van der Waals surface area contributed by atoms with Crippen LogP contribution in [-0.2, 0) is 4.74 Å². The predicted octanol–water partition coefficient (Wildman–Crippen LogP) is 5.78. The first-order valence-corrected chi connectivity index (χ1v) is 9.87. The van der Waals surface area contributed by atoms with Gasteiger partial charge in [-0.2, -0.15) is 13.2 Å². The van der Waals surface area contributed by atoms with Gasteiger partial charge in [-0.15, -0.1) is 6.58 Å². The van der Waals surface area contributed by atoms with Crippen LogP contribution in [0.25, 0.3) is 0 Å². The van der Waals surface area contributed by atoms with Gasteiger partial charge in [0.1, 0.15) is 11.5 Å². The smallest absolute Gasteiger partial charge is 0.412 e. The van der Waals surface area contributed by atoms with Crippen molar-refractivity contribution in [3.05, 3.63) is 89.9 Å². The Bertz CT molecular complexity index is 1060. The van der Waals surface area contributed by atoms with E-state index in [2.05, 4.69) is 11.9 Å². The Hall–Kier alpha value is -3.68. The summed E-state index contributed by atoms with van der Waals surface area (Å²) in [5.41, 5.74) is 0.906. The molecular weight excluding hydrogens is 421 g/mol. The molecule has 0 aliphatic heterocycles. The average molecular weight is 444 g/mol. The maximum Gasteiger partial charge on any atom is 0.412 e. The van der Waals surface area contributed by atoms with Crippen molar-refractivity contribution >= 4 is 17.3 Å². The summed E-state index contributed by atoms with van der Waals surface area (Å²) in [7, 11) is 1.44. The number of ether oxygens (including phenoxy) is 1. The van der Waals surface area contributed by atoms with E-state index in [9.17, 15) is 23.1 Å². The summed E-state index contributed by atoms with van der Waals surface area (Å²) in [5.74, 6) is -0.160. The third kappa shape index (κ3) is 5.14. The highest BCUT2D eigenvalue weighted by molar-refractivity contribution is 6.06. The number of para-hydroxylation sites is 1. The number of carbonyl (C=O) groups is 1. The number of halogens is 3. The third-order valence-electron chi connectivity index (χ3n) is 5.02. The molecular formula is C24H23F3N2O3. The lowest BCUT2D eigenvalue weighted by atomic mass is 9.99. The second-order valence-electron chi connectivity index (χ2n) is 7.10. The van der Waals surface area contributed by atoms with Crippen LogP contribution in [0.5, 0.6) is 5.75 Å². The van der Waals surface area contributed by atoms with Crippen LogP contribution in [0.3, 0.4) is 0 Å². The lowest BCUT2D eigenvalue weighted by Gasteiger charge is -2.30. The molecule has 1 amide bonds. The Balaban J connectivity index is 1.88. The fourth-order valence-electron chi connectivity index (χ4n) is 3.41. The number of phenolic OH excluding ortho intramolecular Hbond substituents is 1. The number of carbonyl (C=O) groups excluding carboxylic acids is 1. The van der Waals surface area contributed by atoms with Crippen LogP contribution in [0.15, 0.2) is 84.3 Å². The lowest BCUT2D eigenvalue weighted by Crippen LogP contribution is -2.27. The van der Waals surface area contributed by atoms with Gasteiger partial charge in [-0.05, 0) is 48.9 Å². The number of rotatable bonds is 7. The van der Waals surface area contributed by atoms with Crippen LogP contribution < -0.4 is 10.2 Å². The summed E-state index contributed by atoms with van der Waals surface area (Å²) in [5, 5.41) is 12.5. The summed E-state index contributed by atoms with van der Waals surface area (Å²) < 4.78 is 45.3. The monoisotopic (exact) mass is 444 g/mol. The molecule has 0 saturated heterocycles. The fraction of sp³-hybridized carbons (Fsp3) is 0.208. The number of alkyl halides is 3. The van der Waals surface area contributed by atoms with Crippen LogP contribution in [0.1, 0.15) is 23.2 Å². The second-order valence-corrected chi connectivity index (χ2v) is 7.10. The molecule has 0 spiro atoms. The van der Waals surface area contributed by atoms with E-state index in [0.29, 0.717) is 22.8 Å². The molecule has 32 heavy (non-hydrogen) atoms. The van der Waals surface area contributed by atoms with E-state index >= 15 is 0 Å². The predicted molar refractivity (Wildman–Crippen MR) is 117 cm³/mol. The van der Waals surface area contributed by atoms with Crippen LogP contribution in [-0.4, -0.2) is 30.8 Å². The van der Waals surface area contributed by atoms with Crippen molar-refractivity contribution in [2.75, 3.05) is 23.9 Å². The van der Waals surface area contributed by atoms with Crippen LogP contribution in [0, 0.1) is 0 Å². The number of anilines is 2. The van der Waals surface area contributed by atoms with Crippen molar-refractivity contribution < 1.29 is 27.8 Å². The minimum absolute atomic E-state index is 0.131. The molecule has 0 fully saturated rings. The molecule has 0 unspecified atom stereocenters. The SMILES string of the molecule is C=CCN(C1=C(OC)CCC(C(F)(F)F)=C1)c1ccc(NC(=O)c2ccccc2O)cc1. The first kappa shape index (κ1) is 23.0. The molecule has 5 nitrogen and oxygen atoms in total. The van der Waals surface area contributed by atoms with Gasteiger partial charge in [0, 0.05) is 29.9 Å². The van der Waals surface area contributed by atoms with Crippen molar-refractivity contribution in [2.45, 2.75) is 19.0 Å². The molecule has 0 bridgehead atoms. The molecule has 1 aliphatic carbocycles. The number of benzene rings is 2. The fourth-order valence-corrected chi connectivity index (χ4v) is 3.41. The van der Waals surface area contributed by atoms with Gasteiger partial charge in [0.25, 0.3) is 5.91 Å². The largest absolute Gasteiger partial charge is 0.507 e. The van der Waals surface area contributed by atoms with Gasteiger partial charge in [0.05, 0.1) is 18.4 Å². The first-order chi connectivity index (χ1) is 15.2. The molecule has 0 heterocycles. The van der Waals surface area contributed by atoms with E-state index in [1.165, 1.54) is 19.2 Å². The number of methoxy groups -OCH3 is 1. The third-order valence-corrected chi connectivity index (χ3v) is 5.02. The molecule has 0 aromatic heterocycles. The Morgan fingerprint density at radius 3 is 2.47 bits per heavy atom. The van der Waals surface area contributed by atoms with Crippen molar-refractivity contribution in [3.8, 4) is 5.75 Å². The molecule has 0 saturated carbocycles. The van der Waals surface area contributed by atoms with E-state index in [0.717, 1.165) is 6.08 Å². The van der Waals surface area contributed by atoms with Crippen molar-refractivity contribution in [2.24, 2.45) is 0 Å². The number of nitrogens with zero attached hydrogens (tertiary/aromatic N) is 1. The van der Waals surface area contributed by atoms with Gasteiger partial charge >= 0.3 is 6.18 Å². The number of nitrogens with one attached hydrogen (secondary N) is 1. The molecule has 3 rings (SSSR count). The summed E-state index contributed by atoms with van der Waals surface area (Å²) >= 11 is 0. The second kappa shape index (κ2) is 9.64. The van der Waals surface area contributed by atoms with Gasteiger partial charge in [-0.25, -0.2) is 0 Å². The van der Waals surface area contributed by atoms with Crippen molar-refractivity contribution in [3.63, 3.8) is 0 Å². The standard InChI is InChI=1S/C24H23F3N2O3/c1-3-14-29(20-15-16(24(25,26)27)8-13-22(20)32-2)18-11-9-17(10-12-18)28-23(31)19-6-4-5-7-21(19)30/h3-7,9-12,15,30H,1,8,13-14H2,2H3,(H,28,31). The highest BCUT2D eigenvalue weighted by atomic mass is 19.4. The molecule has 1 aliphatic rings. The number of amides is 1. The summed E-state index contributed by atoms with van der Waals surface area (Å²) in [6, 6.07) is 12.8. The average Bonchev–Trinajstić information content (AvgIpc) is 2.77. The summed E-state index contributed by atoms with van der Waals surface area (Å²) in [6.07, 6.45) is -1.72. The zero-order chi connectivity index (χ0) is 23.3.